The molecule has 9 fully saturated rings. The zero-order chi connectivity index (χ0) is 41.7. The Morgan fingerprint density at radius 3 is 1.93 bits per heavy atom. The summed E-state index contributed by atoms with van der Waals surface area (Å²) in [6, 6.07) is 0. The lowest BCUT2D eigenvalue weighted by Crippen LogP contribution is -2.63. The van der Waals surface area contributed by atoms with Crippen molar-refractivity contribution < 1.29 is 49.1 Å². The molecule has 3 spiro atoms. The summed E-state index contributed by atoms with van der Waals surface area (Å²) in [7, 11) is 1.45. The van der Waals surface area contributed by atoms with Gasteiger partial charge in [-0.2, -0.15) is 0 Å². The molecule has 0 aromatic carbocycles. The molecule has 5 unspecified atom stereocenters. The van der Waals surface area contributed by atoms with Gasteiger partial charge < -0.3 is 18.9 Å². The number of ether oxygens (including phenoxy) is 4. The Morgan fingerprint density at radius 2 is 1.33 bits per heavy atom. The number of thioether (sulfide) groups is 1. The van der Waals surface area contributed by atoms with Crippen LogP contribution >= 0.6 is 11.8 Å². The topological polar surface area (TPSA) is 143 Å². The quantitative estimate of drug-likeness (QED) is 0.114. The highest BCUT2D eigenvalue weighted by Crippen LogP contribution is 2.78. The van der Waals surface area contributed by atoms with Gasteiger partial charge in [0.1, 0.15) is 16.8 Å². The molecule has 10 nitrogen and oxygen atoms in total. The fourth-order valence-electron chi connectivity index (χ4n) is 16.8. The predicted molar refractivity (Wildman–Crippen MR) is 232 cm³/mol. The van der Waals surface area contributed by atoms with Crippen molar-refractivity contribution >= 4 is 54.8 Å². The predicted octanol–water partition coefficient (Wildman–Crippen LogP) is 8.48. The van der Waals surface area contributed by atoms with Crippen molar-refractivity contribution in [1.29, 1.82) is 0 Å². The van der Waals surface area contributed by atoms with Crippen LogP contribution < -0.4 is 0 Å². The van der Waals surface area contributed by atoms with Crippen LogP contribution in [0.15, 0.2) is 23.3 Å². The highest BCUT2D eigenvalue weighted by atomic mass is 32.2. The van der Waals surface area contributed by atoms with E-state index in [1.165, 1.54) is 24.4 Å². The summed E-state index contributed by atoms with van der Waals surface area (Å²) in [5.41, 5.74) is 0.919. The van der Waals surface area contributed by atoms with Crippen LogP contribution in [0, 0.1) is 57.2 Å². The van der Waals surface area contributed by atoms with Crippen molar-refractivity contribution in [2.45, 2.75) is 179 Å². The Hall–Kier alpha value is -2.73. The van der Waals surface area contributed by atoms with E-state index in [1.54, 1.807) is 13.0 Å². The summed E-state index contributed by atoms with van der Waals surface area (Å²) in [6.45, 7) is 10.9. The molecule has 3 saturated heterocycles. The molecule has 0 N–H and O–H groups in total. The largest absolute Gasteiger partial charge is 0.469 e. The smallest absolute Gasteiger partial charge is 0.309 e. The Kier molecular flexibility index (Phi) is 10.8. The van der Waals surface area contributed by atoms with Crippen molar-refractivity contribution in [3.63, 3.8) is 0 Å². The Morgan fingerprint density at radius 1 is 0.738 bits per heavy atom. The van der Waals surface area contributed by atoms with Crippen molar-refractivity contribution in [3.05, 3.63) is 23.3 Å². The normalized spacial score (nSPS) is 49.3. The first-order valence-corrected chi connectivity index (χ1v) is 23.6. The summed E-state index contributed by atoms with van der Waals surface area (Å²) < 4.78 is 24.0. The van der Waals surface area contributed by atoms with E-state index in [4.69, 9.17) is 18.9 Å². The lowest BCUT2D eigenvalue weighted by molar-refractivity contribution is -0.172. The first-order chi connectivity index (χ1) is 27.9. The van der Waals surface area contributed by atoms with E-state index in [1.807, 2.05) is 6.08 Å². The van der Waals surface area contributed by atoms with Gasteiger partial charge in [0.25, 0.3) is 0 Å². The molecule has 11 rings (SSSR count). The van der Waals surface area contributed by atoms with E-state index >= 15 is 0 Å². The third kappa shape index (κ3) is 5.90. The number of carbonyl (C=O) groups excluding carboxylic acids is 6. The zero-order valence-corrected chi connectivity index (χ0v) is 37.2. The SMILES string of the molecule is C.CC(=O)S[C@@H]1CC2=CC(=O)CC[C@]2(C)C2CC[C@@]3(C)C(CC[C@@]34CCC(=O)O4)C21.COC(=O)[C@@H]1CC2=CC(=O)CC[C@]2(C)[C@@]23O[C@@H]2C[C@@]2(C)C(CC[C@@]24CCC(=O)O4)C13.[2HH].[B]. The van der Waals surface area contributed by atoms with Gasteiger partial charge in [-0.3, -0.25) is 28.8 Å². The van der Waals surface area contributed by atoms with E-state index in [9.17, 15) is 28.8 Å². The van der Waals surface area contributed by atoms with Crippen LogP contribution in [0.5, 0.6) is 0 Å². The zero-order valence-electron chi connectivity index (χ0n) is 36.4. The van der Waals surface area contributed by atoms with Crippen LogP contribution in [0.2, 0.25) is 0 Å². The van der Waals surface area contributed by atoms with Crippen molar-refractivity contribution in [1.82, 2.24) is 0 Å². The molecule has 61 heavy (non-hydrogen) atoms. The second-order valence-corrected chi connectivity index (χ2v) is 23.0. The van der Waals surface area contributed by atoms with Gasteiger partial charge in [0, 0.05) is 69.9 Å². The average molecular weight is 861 g/mol. The Labute approximate surface area is 369 Å². The number of esters is 3. The molecule has 6 saturated carbocycles. The second kappa shape index (κ2) is 14.6. The van der Waals surface area contributed by atoms with Gasteiger partial charge in [-0.25, -0.2) is 0 Å². The number of allylic oxidation sites excluding steroid dienone is 1. The number of carbonyl (C=O) groups is 6. The van der Waals surface area contributed by atoms with Crippen LogP contribution in [0.3, 0.4) is 0 Å². The van der Waals surface area contributed by atoms with Gasteiger partial charge in [0.05, 0.1) is 19.1 Å². The standard InChI is InChI=1S/C24H30O6.C24H32O4S.CH4.B.H2/c1-21-7-4-14(25)10-13(21)11-15(20(27)28-3)19-16-5-8-23(9-6-18(26)30-23)22(16,2)12-17-24(19,21)29-17;1-14(25)29-19-13-15-12-16(26)4-8-22(15,2)17-5-9-23(3)18(21(17)19)6-10-24(23)11-7-20(27)28-24;;;/h10,15-17,19H,4-9,11-12H2,1-3H3;12,17-19,21H,4-11,13H2,1-3H3;1H4;;1H/t15-,16?,17-,19?,21+,22+,23-,24-;17?,18?,19-,21?,22+,23+,24-;;;/m11.../s1/i;;;;1+1. The fraction of sp³-hybridized carbons (Fsp3) is 0.796. The number of hydrogen-bond donors (Lipinski definition) is 0. The molecule has 0 amide bonds. The van der Waals surface area contributed by atoms with Crippen LogP contribution in [-0.4, -0.2) is 78.3 Å². The molecule has 0 aromatic rings. The number of hydrogen-bond acceptors (Lipinski definition) is 11. The molecule has 0 aromatic heterocycles. The minimum atomic E-state index is -0.424. The number of fused-ring (bicyclic) bond motifs is 10. The van der Waals surface area contributed by atoms with E-state index < -0.39 is 11.2 Å². The minimum absolute atomic E-state index is 0. The molecular formula is C49H68BO10S. The van der Waals surface area contributed by atoms with Crippen LogP contribution in [-0.2, 0) is 47.7 Å². The molecule has 12 heteroatoms. The van der Waals surface area contributed by atoms with Gasteiger partial charge in [-0.05, 0) is 125 Å². The summed E-state index contributed by atoms with van der Waals surface area (Å²) in [4.78, 5) is 73.8. The molecule has 3 radical (unpaired) electrons. The van der Waals surface area contributed by atoms with Gasteiger partial charge in [-0.1, -0.05) is 58.0 Å². The van der Waals surface area contributed by atoms with Crippen LogP contribution in [0.25, 0.3) is 0 Å². The third-order valence-corrected chi connectivity index (χ3v) is 20.9. The maximum absolute atomic E-state index is 13.0. The highest BCUT2D eigenvalue weighted by Gasteiger charge is 2.83. The summed E-state index contributed by atoms with van der Waals surface area (Å²) in [5, 5.41) is 0.409. The summed E-state index contributed by atoms with van der Waals surface area (Å²) >= 11 is 1.50. The minimum Gasteiger partial charge on any atom is -0.469 e. The van der Waals surface area contributed by atoms with Gasteiger partial charge in [0.15, 0.2) is 16.7 Å². The lowest BCUT2D eigenvalue weighted by atomic mass is 9.43. The number of ketones is 2. The average Bonchev–Trinajstić information content (AvgIpc) is 3.41. The molecular weight excluding hydrogens is 791 g/mol. The molecule has 333 valence electrons. The molecule has 3 aliphatic heterocycles. The van der Waals surface area contributed by atoms with Crippen molar-refractivity contribution in [2.75, 3.05) is 7.11 Å². The maximum atomic E-state index is 13.0. The third-order valence-electron chi connectivity index (χ3n) is 19.8. The first kappa shape index (κ1) is 44.9. The fourth-order valence-corrected chi connectivity index (χ4v) is 18.0. The number of rotatable bonds is 2. The monoisotopic (exact) mass is 860 g/mol. The first-order valence-electron chi connectivity index (χ1n) is 22.7. The maximum Gasteiger partial charge on any atom is 0.309 e. The van der Waals surface area contributed by atoms with Gasteiger partial charge in [-0.15, -0.1) is 0 Å². The van der Waals surface area contributed by atoms with Gasteiger partial charge >= 0.3 is 17.9 Å². The van der Waals surface area contributed by atoms with E-state index in [-0.39, 0.29) is 108 Å². The van der Waals surface area contributed by atoms with Crippen LogP contribution in [0.1, 0.15) is 153 Å². The summed E-state index contributed by atoms with van der Waals surface area (Å²) in [5.74, 6) is 1.47. The molecule has 8 aliphatic carbocycles. The van der Waals surface area contributed by atoms with E-state index in [0.29, 0.717) is 49.9 Å². The van der Waals surface area contributed by atoms with Gasteiger partial charge in [0.2, 0.25) is 0 Å². The lowest BCUT2D eigenvalue weighted by Gasteiger charge is -2.61. The molecule has 11 aliphatic rings. The van der Waals surface area contributed by atoms with Crippen molar-refractivity contribution in [2.24, 2.45) is 57.2 Å². The molecule has 3 heterocycles. The van der Waals surface area contributed by atoms with Crippen molar-refractivity contribution in [3.8, 4) is 0 Å². The number of epoxide rings is 1. The summed E-state index contributed by atoms with van der Waals surface area (Å²) in [6.07, 6.45) is 17.6. The Balaban J connectivity index is 0.000000178. The molecule has 0 bridgehead atoms. The highest BCUT2D eigenvalue weighted by molar-refractivity contribution is 8.14. The van der Waals surface area contributed by atoms with Crippen LogP contribution in [0.4, 0.5) is 0 Å². The van der Waals surface area contributed by atoms with E-state index in [0.717, 1.165) is 82.6 Å². The number of methoxy groups -OCH3 is 1. The second-order valence-electron chi connectivity index (χ2n) is 21.6. The molecule has 15 atom stereocenters. The Bertz CT molecular complexity index is 2020. The van der Waals surface area contributed by atoms with E-state index in [2.05, 4.69) is 27.7 Å².